The fourth-order valence-corrected chi connectivity index (χ4v) is 3.35. The second kappa shape index (κ2) is 5.71. The number of anilines is 1. The van der Waals surface area contributed by atoms with E-state index in [0.29, 0.717) is 12.0 Å². The number of nitrogens with one attached hydrogen (secondary N) is 2. The molecule has 0 atom stereocenters. The van der Waals surface area contributed by atoms with E-state index in [-0.39, 0.29) is 5.91 Å². The number of carbonyl (C=O) groups is 1. The van der Waals surface area contributed by atoms with E-state index in [1.54, 1.807) is 0 Å². The van der Waals surface area contributed by atoms with Gasteiger partial charge >= 0.3 is 0 Å². The van der Waals surface area contributed by atoms with Crippen molar-refractivity contribution in [3.05, 3.63) is 29.3 Å². The van der Waals surface area contributed by atoms with E-state index in [1.165, 1.54) is 38.4 Å². The van der Waals surface area contributed by atoms with Gasteiger partial charge in [-0.05, 0) is 32.8 Å². The van der Waals surface area contributed by atoms with Crippen molar-refractivity contribution in [1.29, 1.82) is 0 Å². The highest BCUT2D eigenvalue weighted by atomic mass is 16.1. The highest BCUT2D eigenvalue weighted by Crippen LogP contribution is 2.32. The third kappa shape index (κ3) is 2.70. The maximum atomic E-state index is 12.4. The molecule has 21 heavy (non-hydrogen) atoms. The number of nitrogens with zero attached hydrogens (tertiary/aromatic N) is 3. The van der Waals surface area contributed by atoms with Crippen LogP contribution in [0.3, 0.4) is 0 Å². The summed E-state index contributed by atoms with van der Waals surface area (Å²) in [6, 6.07) is 2.50. The molecule has 2 heterocycles. The minimum Gasteiger partial charge on any atom is -0.345 e. The van der Waals surface area contributed by atoms with Gasteiger partial charge < -0.3 is 4.57 Å². The monoisotopic (exact) mass is 287 g/mol. The van der Waals surface area contributed by atoms with Gasteiger partial charge in [0.05, 0.1) is 5.56 Å². The third-order valence-corrected chi connectivity index (χ3v) is 4.32. The number of rotatable bonds is 3. The van der Waals surface area contributed by atoms with Crippen LogP contribution in [0.15, 0.2) is 12.4 Å². The first kappa shape index (κ1) is 13.9. The molecular weight excluding hydrogens is 266 g/mol. The van der Waals surface area contributed by atoms with Crippen LogP contribution < -0.4 is 5.32 Å². The van der Waals surface area contributed by atoms with E-state index < -0.39 is 0 Å². The third-order valence-electron chi connectivity index (χ3n) is 4.32. The van der Waals surface area contributed by atoms with E-state index in [4.69, 9.17) is 0 Å². The average Bonchev–Trinajstić information content (AvgIpc) is 3.08. The van der Waals surface area contributed by atoms with Crippen molar-refractivity contribution in [2.24, 2.45) is 0 Å². The molecule has 1 amide bonds. The Hall–Kier alpha value is -2.11. The summed E-state index contributed by atoms with van der Waals surface area (Å²) in [5.74, 6) is 0.240. The summed E-state index contributed by atoms with van der Waals surface area (Å²) in [6.07, 6.45) is 7.68. The van der Waals surface area contributed by atoms with Crippen LogP contribution in [-0.2, 0) is 0 Å². The second-order valence-corrected chi connectivity index (χ2v) is 5.73. The first-order valence-corrected chi connectivity index (χ1v) is 7.52. The van der Waals surface area contributed by atoms with Crippen molar-refractivity contribution in [2.45, 2.75) is 52.0 Å². The molecule has 0 unspecified atom stereocenters. The van der Waals surface area contributed by atoms with Gasteiger partial charge in [-0.25, -0.2) is 5.10 Å². The Bertz CT molecular complexity index is 623. The molecule has 1 aliphatic rings. The molecule has 0 bridgehead atoms. The Balaban J connectivity index is 1.84. The summed E-state index contributed by atoms with van der Waals surface area (Å²) >= 11 is 0. The van der Waals surface area contributed by atoms with E-state index >= 15 is 0 Å². The first-order chi connectivity index (χ1) is 10.2. The molecule has 0 aromatic carbocycles. The van der Waals surface area contributed by atoms with Gasteiger partial charge in [-0.3, -0.25) is 10.1 Å². The molecule has 0 spiro atoms. The molecule has 0 saturated heterocycles. The molecule has 2 N–H and O–H groups in total. The maximum absolute atomic E-state index is 12.4. The van der Waals surface area contributed by atoms with Gasteiger partial charge in [-0.15, -0.1) is 0 Å². The molecule has 6 heteroatoms. The fraction of sp³-hybridized carbons (Fsp3) is 0.533. The highest BCUT2D eigenvalue weighted by Gasteiger charge is 2.22. The fourth-order valence-electron chi connectivity index (χ4n) is 3.35. The summed E-state index contributed by atoms with van der Waals surface area (Å²) < 4.78 is 2.33. The molecule has 2 aromatic heterocycles. The SMILES string of the molecule is Cc1cc(C(=O)Nc2ncn[nH]2)c(C)n1C1CCCCC1. The lowest BCUT2D eigenvalue weighted by molar-refractivity contribution is 0.102. The lowest BCUT2D eigenvalue weighted by Crippen LogP contribution is -2.17. The van der Waals surface area contributed by atoms with Gasteiger partial charge in [0.25, 0.3) is 5.91 Å². The number of hydrogen-bond acceptors (Lipinski definition) is 3. The molecule has 0 aliphatic heterocycles. The van der Waals surface area contributed by atoms with Crippen molar-refractivity contribution in [1.82, 2.24) is 19.7 Å². The van der Waals surface area contributed by atoms with Crippen molar-refractivity contribution >= 4 is 11.9 Å². The minimum absolute atomic E-state index is 0.137. The van der Waals surface area contributed by atoms with Crippen LogP contribution in [0, 0.1) is 13.8 Å². The Morgan fingerprint density at radius 2 is 2.10 bits per heavy atom. The molecule has 2 aromatic rings. The van der Waals surface area contributed by atoms with Crippen LogP contribution in [0.2, 0.25) is 0 Å². The zero-order chi connectivity index (χ0) is 14.8. The number of hydrogen-bond donors (Lipinski definition) is 2. The predicted molar refractivity (Wildman–Crippen MR) is 80.4 cm³/mol. The molecule has 0 radical (unpaired) electrons. The Morgan fingerprint density at radius 1 is 1.33 bits per heavy atom. The lowest BCUT2D eigenvalue weighted by Gasteiger charge is -2.26. The quantitative estimate of drug-likeness (QED) is 0.911. The van der Waals surface area contributed by atoms with Crippen LogP contribution in [0.4, 0.5) is 5.95 Å². The summed E-state index contributed by atoms with van der Waals surface area (Å²) in [6.45, 7) is 4.10. The van der Waals surface area contributed by atoms with Gasteiger partial charge in [0.15, 0.2) is 0 Å². The summed E-state index contributed by atoms with van der Waals surface area (Å²) in [7, 11) is 0. The van der Waals surface area contributed by atoms with Gasteiger partial charge in [-0.2, -0.15) is 10.1 Å². The van der Waals surface area contributed by atoms with Crippen LogP contribution >= 0.6 is 0 Å². The zero-order valence-electron chi connectivity index (χ0n) is 12.5. The standard InChI is InChI=1S/C15H21N5O/c1-10-8-13(14(21)18-15-16-9-17-19-15)11(2)20(10)12-6-4-3-5-7-12/h8-9,12H,3-7H2,1-2H3,(H2,16,17,18,19,21). The lowest BCUT2D eigenvalue weighted by atomic mass is 9.95. The predicted octanol–water partition coefficient (Wildman–Crippen LogP) is 2.98. The van der Waals surface area contributed by atoms with Gasteiger partial charge in [-0.1, -0.05) is 19.3 Å². The molecule has 1 aliphatic carbocycles. The second-order valence-electron chi connectivity index (χ2n) is 5.73. The largest absolute Gasteiger partial charge is 0.345 e. The minimum atomic E-state index is -0.137. The number of H-pyrrole nitrogens is 1. The molecule has 1 fully saturated rings. The number of carbonyl (C=O) groups excluding carboxylic acids is 1. The molecular formula is C15H21N5O. The van der Waals surface area contributed by atoms with Crippen molar-refractivity contribution < 1.29 is 4.79 Å². The van der Waals surface area contributed by atoms with Gasteiger partial charge in [0, 0.05) is 17.4 Å². The van der Waals surface area contributed by atoms with E-state index in [9.17, 15) is 4.79 Å². The maximum Gasteiger partial charge on any atom is 0.259 e. The van der Waals surface area contributed by atoms with E-state index in [1.807, 2.05) is 13.0 Å². The normalized spacial score (nSPS) is 16.1. The smallest absolute Gasteiger partial charge is 0.259 e. The van der Waals surface area contributed by atoms with E-state index in [0.717, 1.165) is 17.0 Å². The topological polar surface area (TPSA) is 75.6 Å². The molecule has 112 valence electrons. The van der Waals surface area contributed by atoms with Crippen LogP contribution in [0.1, 0.15) is 59.9 Å². The average molecular weight is 287 g/mol. The molecule has 6 nitrogen and oxygen atoms in total. The Kier molecular flexibility index (Phi) is 3.77. The Labute approximate surface area is 124 Å². The van der Waals surface area contributed by atoms with Crippen LogP contribution in [-0.4, -0.2) is 25.7 Å². The highest BCUT2D eigenvalue weighted by molar-refractivity contribution is 6.04. The van der Waals surface area contributed by atoms with Crippen LogP contribution in [0.25, 0.3) is 0 Å². The molecule has 3 rings (SSSR count). The Morgan fingerprint density at radius 3 is 2.76 bits per heavy atom. The summed E-state index contributed by atoms with van der Waals surface area (Å²) in [5.41, 5.74) is 2.91. The summed E-state index contributed by atoms with van der Waals surface area (Å²) in [4.78, 5) is 16.3. The number of aromatic nitrogens is 4. The first-order valence-electron chi connectivity index (χ1n) is 7.52. The van der Waals surface area contributed by atoms with Gasteiger partial charge in [0.2, 0.25) is 5.95 Å². The number of aromatic amines is 1. The summed E-state index contributed by atoms with van der Waals surface area (Å²) in [5, 5.41) is 9.11. The van der Waals surface area contributed by atoms with Crippen molar-refractivity contribution in [2.75, 3.05) is 5.32 Å². The van der Waals surface area contributed by atoms with Crippen molar-refractivity contribution in [3.8, 4) is 0 Å². The van der Waals surface area contributed by atoms with Crippen molar-refractivity contribution in [3.63, 3.8) is 0 Å². The number of aryl methyl sites for hydroxylation is 1. The van der Waals surface area contributed by atoms with Gasteiger partial charge in [0.1, 0.15) is 6.33 Å². The van der Waals surface area contributed by atoms with E-state index in [2.05, 4.69) is 32.0 Å². The molecule has 1 saturated carbocycles. The zero-order valence-corrected chi connectivity index (χ0v) is 12.5. The number of amides is 1. The van der Waals surface area contributed by atoms with Crippen LogP contribution in [0.5, 0.6) is 0 Å².